The molecule has 4 aromatic carbocycles. The van der Waals surface area contributed by atoms with Crippen molar-refractivity contribution in [2.45, 2.75) is 0 Å². The first-order valence-electron chi connectivity index (χ1n) is 11.5. The smallest absolute Gasteiger partial charge is 0.283 e. The molecule has 1 aliphatic heterocycles. The molecule has 5 rings (SSSR count). The first-order valence-corrected chi connectivity index (χ1v) is 11.8. The Morgan fingerprint density at radius 3 is 2.18 bits per heavy atom. The lowest BCUT2D eigenvalue weighted by molar-refractivity contribution is -0.120. The van der Waals surface area contributed by atoms with E-state index in [1.165, 1.54) is 24.3 Å². The van der Waals surface area contributed by atoms with E-state index in [1.807, 2.05) is 30.3 Å². The van der Waals surface area contributed by atoms with Gasteiger partial charge >= 0.3 is 0 Å². The summed E-state index contributed by atoms with van der Waals surface area (Å²) in [5.74, 6) is -1.48. The summed E-state index contributed by atoms with van der Waals surface area (Å²) in [7, 11) is 0. The molecule has 0 radical (unpaired) electrons. The standard InChI is InChI=1S/C29H19ClFN3O4/c30-25-26(29(37)34(28(25)36)24-12-5-4-11-23(24)31)32-20-8-6-7-18(17-20)27(35)33-19-13-15-22(16-14-19)38-21-9-2-1-3-10-21/h1-17,32H,(H,33,35). The highest BCUT2D eigenvalue weighted by molar-refractivity contribution is 6.53. The van der Waals surface area contributed by atoms with Gasteiger partial charge in [0.25, 0.3) is 17.7 Å². The van der Waals surface area contributed by atoms with Crippen LogP contribution in [0.3, 0.4) is 0 Å². The minimum Gasteiger partial charge on any atom is -0.457 e. The monoisotopic (exact) mass is 527 g/mol. The van der Waals surface area contributed by atoms with Gasteiger partial charge in [0.1, 0.15) is 28.0 Å². The molecule has 0 bridgehead atoms. The Bertz CT molecular complexity index is 1570. The van der Waals surface area contributed by atoms with Crippen LogP contribution >= 0.6 is 11.6 Å². The molecule has 2 N–H and O–H groups in total. The van der Waals surface area contributed by atoms with Gasteiger partial charge in [0.05, 0.1) is 5.69 Å². The molecule has 188 valence electrons. The molecule has 0 spiro atoms. The number of nitrogens with one attached hydrogen (secondary N) is 2. The van der Waals surface area contributed by atoms with Crippen LogP contribution in [0.5, 0.6) is 11.5 Å². The molecule has 4 aromatic rings. The second kappa shape index (κ2) is 10.6. The number of rotatable bonds is 7. The number of ether oxygens (including phenoxy) is 1. The molecule has 0 aliphatic carbocycles. The molecule has 0 atom stereocenters. The van der Waals surface area contributed by atoms with Crippen LogP contribution in [0.2, 0.25) is 0 Å². The van der Waals surface area contributed by atoms with Gasteiger partial charge in [0, 0.05) is 16.9 Å². The summed E-state index contributed by atoms with van der Waals surface area (Å²) >= 11 is 6.14. The zero-order valence-electron chi connectivity index (χ0n) is 19.7. The number of hydrogen-bond acceptors (Lipinski definition) is 5. The van der Waals surface area contributed by atoms with Crippen LogP contribution in [0.25, 0.3) is 0 Å². The molecule has 38 heavy (non-hydrogen) atoms. The van der Waals surface area contributed by atoms with Gasteiger partial charge in [-0.1, -0.05) is 48.0 Å². The van der Waals surface area contributed by atoms with E-state index in [0.717, 1.165) is 6.07 Å². The number of imide groups is 1. The lowest BCUT2D eigenvalue weighted by Gasteiger charge is -2.15. The number of anilines is 3. The first-order chi connectivity index (χ1) is 18.4. The van der Waals surface area contributed by atoms with E-state index in [4.69, 9.17) is 16.3 Å². The van der Waals surface area contributed by atoms with Crippen molar-refractivity contribution in [2.75, 3.05) is 15.5 Å². The SMILES string of the molecule is O=C(Nc1ccc(Oc2ccccc2)cc1)c1cccc(NC2=C(Cl)C(=O)N(c3ccccc3F)C2=O)c1. The normalized spacial score (nSPS) is 13.1. The fraction of sp³-hybridized carbons (Fsp3) is 0. The summed E-state index contributed by atoms with van der Waals surface area (Å²) in [4.78, 5) is 39.1. The number of hydrogen-bond donors (Lipinski definition) is 2. The lowest BCUT2D eigenvalue weighted by Crippen LogP contribution is -2.33. The van der Waals surface area contributed by atoms with Crippen molar-refractivity contribution in [3.8, 4) is 11.5 Å². The Labute approximate surface area is 222 Å². The third-order valence-corrected chi connectivity index (χ3v) is 5.96. The second-order valence-corrected chi connectivity index (χ2v) is 8.56. The van der Waals surface area contributed by atoms with Crippen LogP contribution in [0, 0.1) is 5.82 Å². The van der Waals surface area contributed by atoms with Gasteiger partial charge in [-0.15, -0.1) is 0 Å². The number of nitrogens with zero attached hydrogens (tertiary/aromatic N) is 1. The Kier molecular flexibility index (Phi) is 6.88. The largest absolute Gasteiger partial charge is 0.457 e. The number of para-hydroxylation sites is 2. The van der Waals surface area contributed by atoms with Crippen LogP contribution in [-0.4, -0.2) is 17.7 Å². The molecule has 7 nitrogen and oxygen atoms in total. The van der Waals surface area contributed by atoms with Gasteiger partial charge in [-0.05, 0) is 66.7 Å². The van der Waals surface area contributed by atoms with Gasteiger partial charge in [0.15, 0.2) is 0 Å². The van der Waals surface area contributed by atoms with E-state index in [-0.39, 0.29) is 16.4 Å². The predicted molar refractivity (Wildman–Crippen MR) is 143 cm³/mol. The maximum absolute atomic E-state index is 14.2. The van der Waals surface area contributed by atoms with Crippen molar-refractivity contribution in [1.82, 2.24) is 0 Å². The third kappa shape index (κ3) is 5.11. The summed E-state index contributed by atoms with van der Waals surface area (Å²) in [5.41, 5.74) is 0.766. The molecule has 0 fully saturated rings. The second-order valence-electron chi connectivity index (χ2n) is 8.19. The summed E-state index contributed by atoms with van der Waals surface area (Å²) < 4.78 is 20.0. The third-order valence-electron chi connectivity index (χ3n) is 5.61. The van der Waals surface area contributed by atoms with Crippen molar-refractivity contribution in [3.63, 3.8) is 0 Å². The molecular weight excluding hydrogens is 509 g/mol. The molecule has 0 saturated heterocycles. The van der Waals surface area contributed by atoms with Crippen molar-refractivity contribution in [1.29, 1.82) is 0 Å². The number of benzene rings is 4. The zero-order chi connectivity index (χ0) is 26.6. The van der Waals surface area contributed by atoms with Gasteiger partial charge < -0.3 is 15.4 Å². The maximum atomic E-state index is 14.2. The Balaban J connectivity index is 1.27. The highest BCUT2D eigenvalue weighted by Gasteiger charge is 2.40. The average Bonchev–Trinajstić information content (AvgIpc) is 3.14. The van der Waals surface area contributed by atoms with Crippen molar-refractivity contribution >= 4 is 46.4 Å². The summed E-state index contributed by atoms with van der Waals surface area (Å²) in [6.45, 7) is 0. The van der Waals surface area contributed by atoms with Crippen molar-refractivity contribution < 1.29 is 23.5 Å². The van der Waals surface area contributed by atoms with Crippen molar-refractivity contribution in [3.05, 3.63) is 125 Å². The summed E-state index contributed by atoms with van der Waals surface area (Å²) in [5, 5.41) is 5.21. The number of amides is 3. The molecule has 9 heteroatoms. The summed E-state index contributed by atoms with van der Waals surface area (Å²) in [6, 6.07) is 27.9. The van der Waals surface area contributed by atoms with E-state index in [0.29, 0.717) is 33.3 Å². The van der Waals surface area contributed by atoms with E-state index in [2.05, 4.69) is 10.6 Å². The quantitative estimate of drug-likeness (QED) is 0.275. The molecule has 0 aromatic heterocycles. The molecule has 0 saturated carbocycles. The summed E-state index contributed by atoms with van der Waals surface area (Å²) in [6.07, 6.45) is 0. The van der Waals surface area contributed by atoms with Gasteiger partial charge in [0.2, 0.25) is 0 Å². The van der Waals surface area contributed by atoms with Crippen LogP contribution in [0.15, 0.2) is 114 Å². The molecular formula is C29H19ClFN3O4. The fourth-order valence-corrected chi connectivity index (χ4v) is 3.99. The van der Waals surface area contributed by atoms with E-state index < -0.39 is 23.5 Å². The fourth-order valence-electron chi connectivity index (χ4n) is 3.78. The van der Waals surface area contributed by atoms with Gasteiger partial charge in [-0.2, -0.15) is 0 Å². The minimum absolute atomic E-state index is 0.203. The topological polar surface area (TPSA) is 87.7 Å². The van der Waals surface area contributed by atoms with Crippen LogP contribution in [0.1, 0.15) is 10.4 Å². The lowest BCUT2D eigenvalue weighted by atomic mass is 10.1. The molecule has 0 unspecified atom stereocenters. The minimum atomic E-state index is -0.849. The van der Waals surface area contributed by atoms with Crippen LogP contribution in [0.4, 0.5) is 21.5 Å². The number of carbonyl (C=O) groups is 3. The highest BCUT2D eigenvalue weighted by Crippen LogP contribution is 2.31. The molecule has 3 amide bonds. The van der Waals surface area contributed by atoms with Crippen LogP contribution in [-0.2, 0) is 9.59 Å². The van der Waals surface area contributed by atoms with Crippen LogP contribution < -0.4 is 20.3 Å². The van der Waals surface area contributed by atoms with Crippen molar-refractivity contribution in [2.24, 2.45) is 0 Å². The predicted octanol–water partition coefficient (Wildman–Crippen LogP) is 6.31. The average molecular weight is 528 g/mol. The molecule has 1 heterocycles. The number of carbonyl (C=O) groups excluding carboxylic acids is 3. The Morgan fingerprint density at radius 2 is 1.45 bits per heavy atom. The zero-order valence-corrected chi connectivity index (χ0v) is 20.4. The van der Waals surface area contributed by atoms with E-state index in [1.54, 1.807) is 42.5 Å². The molecule has 1 aliphatic rings. The number of halogens is 2. The highest BCUT2D eigenvalue weighted by atomic mass is 35.5. The van der Waals surface area contributed by atoms with E-state index in [9.17, 15) is 18.8 Å². The van der Waals surface area contributed by atoms with Gasteiger partial charge in [-0.25, -0.2) is 9.29 Å². The van der Waals surface area contributed by atoms with E-state index >= 15 is 0 Å². The Hall–Kier alpha value is -4.95. The Morgan fingerprint density at radius 1 is 0.763 bits per heavy atom. The van der Waals surface area contributed by atoms with Gasteiger partial charge in [-0.3, -0.25) is 14.4 Å². The maximum Gasteiger partial charge on any atom is 0.283 e. The first kappa shape index (κ1) is 24.7.